The van der Waals surface area contributed by atoms with Crippen LogP contribution in [0.25, 0.3) is 11.1 Å². The molecule has 7 heteroatoms. The fraction of sp³-hybridized carbons (Fsp3) is 0.235. The van der Waals surface area contributed by atoms with Gasteiger partial charge in [-0.3, -0.25) is 0 Å². The number of aliphatic imine (C=N–C) groups is 1. The van der Waals surface area contributed by atoms with E-state index in [1.165, 1.54) is 11.1 Å². The summed E-state index contributed by atoms with van der Waals surface area (Å²) in [5, 5.41) is 1.53. The van der Waals surface area contributed by atoms with E-state index in [9.17, 15) is 4.39 Å². The van der Waals surface area contributed by atoms with Crippen LogP contribution >= 0.6 is 11.6 Å². The van der Waals surface area contributed by atoms with Crippen LogP contribution < -0.4 is 10.5 Å². The van der Waals surface area contributed by atoms with Gasteiger partial charge in [0.05, 0.1) is 17.2 Å². The topological polar surface area (TPSA) is 60.1 Å². The maximum absolute atomic E-state index is 13.4. The molecule has 0 bridgehead atoms. The minimum Gasteiger partial charge on any atom is -0.493 e. The first-order chi connectivity index (χ1) is 11.5. The number of hydrogen-bond acceptors (Lipinski definition) is 5. The van der Waals surface area contributed by atoms with E-state index in [1.54, 1.807) is 19.2 Å². The number of hydroxylamine groups is 2. The molecule has 0 saturated heterocycles. The van der Waals surface area contributed by atoms with E-state index in [1.807, 2.05) is 18.2 Å². The van der Waals surface area contributed by atoms with Gasteiger partial charge in [-0.2, -0.15) is 0 Å². The molecule has 0 aliphatic carbocycles. The van der Waals surface area contributed by atoms with Gasteiger partial charge in [-0.05, 0) is 35.4 Å². The monoisotopic (exact) mass is 347 g/mol. The summed E-state index contributed by atoms with van der Waals surface area (Å²) in [7, 11) is 1.71. The predicted molar refractivity (Wildman–Crippen MR) is 89.1 cm³/mol. The van der Waals surface area contributed by atoms with E-state index >= 15 is 0 Å². The van der Waals surface area contributed by atoms with Gasteiger partial charge in [0.2, 0.25) is 11.7 Å². The number of nitrogens with zero attached hydrogens (tertiary/aromatic N) is 2. The minimum absolute atomic E-state index is 0.0790. The van der Waals surface area contributed by atoms with Crippen LogP contribution in [0.1, 0.15) is 12.0 Å². The fourth-order valence-corrected chi connectivity index (χ4v) is 3.19. The summed E-state index contributed by atoms with van der Waals surface area (Å²) in [5.41, 5.74) is 7.45. The highest BCUT2D eigenvalue weighted by atomic mass is 35.5. The summed E-state index contributed by atoms with van der Waals surface area (Å²) >= 11 is 5.90. The molecule has 2 aromatic carbocycles. The molecular weight excluding hydrogens is 333 g/mol. The van der Waals surface area contributed by atoms with Crippen molar-refractivity contribution in [2.24, 2.45) is 10.7 Å². The van der Waals surface area contributed by atoms with Gasteiger partial charge in [-0.25, -0.2) is 19.3 Å². The standard InChI is InChI=1S/C17H15ClFN3O2/c1-22-16(20)21-17(24-22)6-7-23-15-5-3-10(8-12(15)17)11-2-4-14(19)13(18)9-11/h2-5,8-9H,6-7H2,1H3,(H2,20,21)/t17-/m1/s1. The Morgan fingerprint density at radius 3 is 2.71 bits per heavy atom. The first-order valence-electron chi connectivity index (χ1n) is 7.49. The van der Waals surface area contributed by atoms with E-state index < -0.39 is 11.5 Å². The highest BCUT2D eigenvalue weighted by Gasteiger charge is 2.45. The lowest BCUT2D eigenvalue weighted by atomic mass is 9.93. The van der Waals surface area contributed by atoms with Crippen LogP contribution in [0, 0.1) is 5.82 Å². The molecule has 2 aromatic rings. The van der Waals surface area contributed by atoms with E-state index in [0.717, 1.165) is 16.7 Å². The second-order valence-corrected chi connectivity index (χ2v) is 6.19. The molecule has 0 saturated carbocycles. The molecule has 2 heterocycles. The molecule has 0 unspecified atom stereocenters. The number of halogens is 2. The van der Waals surface area contributed by atoms with E-state index in [0.29, 0.717) is 24.7 Å². The number of benzene rings is 2. The Morgan fingerprint density at radius 2 is 2.00 bits per heavy atom. The van der Waals surface area contributed by atoms with Crippen molar-refractivity contribution in [3.8, 4) is 16.9 Å². The fourth-order valence-electron chi connectivity index (χ4n) is 3.01. The van der Waals surface area contributed by atoms with Crippen LogP contribution in [-0.2, 0) is 10.6 Å². The third-order valence-electron chi connectivity index (χ3n) is 4.26. The van der Waals surface area contributed by atoms with Crippen molar-refractivity contribution in [3.63, 3.8) is 0 Å². The van der Waals surface area contributed by atoms with Gasteiger partial charge < -0.3 is 10.5 Å². The Bertz CT molecular complexity index is 858. The number of fused-ring (bicyclic) bond motifs is 2. The Kier molecular flexibility index (Phi) is 3.40. The molecule has 0 aromatic heterocycles. The van der Waals surface area contributed by atoms with Crippen LogP contribution in [0.15, 0.2) is 41.4 Å². The van der Waals surface area contributed by atoms with Crippen LogP contribution in [-0.4, -0.2) is 24.7 Å². The van der Waals surface area contributed by atoms with E-state index in [2.05, 4.69) is 4.99 Å². The number of hydrogen-bond donors (Lipinski definition) is 1. The smallest absolute Gasteiger partial charge is 0.221 e. The van der Waals surface area contributed by atoms with Gasteiger partial charge in [0.1, 0.15) is 11.6 Å². The molecule has 2 aliphatic rings. The highest BCUT2D eigenvalue weighted by molar-refractivity contribution is 6.31. The maximum atomic E-state index is 13.4. The van der Waals surface area contributed by atoms with E-state index in [-0.39, 0.29) is 5.02 Å². The van der Waals surface area contributed by atoms with Gasteiger partial charge in [0.25, 0.3) is 0 Å². The third-order valence-corrected chi connectivity index (χ3v) is 4.55. The van der Waals surface area contributed by atoms with Crippen molar-refractivity contribution in [2.45, 2.75) is 12.1 Å². The maximum Gasteiger partial charge on any atom is 0.221 e. The molecule has 1 atom stereocenters. The van der Waals surface area contributed by atoms with Crippen LogP contribution in [0.3, 0.4) is 0 Å². The number of ether oxygens (including phenoxy) is 1. The molecule has 0 radical (unpaired) electrons. The molecule has 124 valence electrons. The second-order valence-electron chi connectivity index (χ2n) is 5.78. The summed E-state index contributed by atoms with van der Waals surface area (Å²) in [4.78, 5) is 10.4. The van der Waals surface area contributed by atoms with Crippen molar-refractivity contribution >= 4 is 17.6 Å². The molecule has 0 fully saturated rings. The highest BCUT2D eigenvalue weighted by Crippen LogP contribution is 2.45. The molecule has 5 nitrogen and oxygen atoms in total. The van der Waals surface area contributed by atoms with Gasteiger partial charge >= 0.3 is 0 Å². The summed E-state index contributed by atoms with van der Waals surface area (Å²) < 4.78 is 19.1. The van der Waals surface area contributed by atoms with Gasteiger partial charge in [0, 0.05) is 13.5 Å². The summed E-state index contributed by atoms with van der Waals surface area (Å²) in [6.45, 7) is 0.485. The van der Waals surface area contributed by atoms with Crippen molar-refractivity contribution in [1.29, 1.82) is 0 Å². The van der Waals surface area contributed by atoms with Crippen molar-refractivity contribution in [1.82, 2.24) is 5.06 Å². The van der Waals surface area contributed by atoms with Crippen LogP contribution in [0.4, 0.5) is 4.39 Å². The number of nitrogens with two attached hydrogens (primary N) is 1. The lowest BCUT2D eigenvalue weighted by Crippen LogP contribution is -2.35. The van der Waals surface area contributed by atoms with Crippen molar-refractivity contribution < 1.29 is 14.0 Å². The molecule has 4 rings (SSSR count). The average molecular weight is 348 g/mol. The van der Waals surface area contributed by atoms with Crippen molar-refractivity contribution in [2.75, 3.05) is 13.7 Å². The van der Waals surface area contributed by atoms with E-state index in [4.69, 9.17) is 26.9 Å². The largest absolute Gasteiger partial charge is 0.493 e. The summed E-state index contributed by atoms with van der Waals surface area (Å²) in [6, 6.07) is 10.3. The molecule has 2 N–H and O–H groups in total. The summed E-state index contributed by atoms with van der Waals surface area (Å²) in [5.74, 6) is 0.569. The molecule has 0 amide bonds. The quantitative estimate of drug-likeness (QED) is 0.860. The predicted octanol–water partition coefficient (Wildman–Crippen LogP) is 3.27. The average Bonchev–Trinajstić information content (AvgIpc) is 2.85. The Hall–Kier alpha value is -2.31. The molecule has 24 heavy (non-hydrogen) atoms. The number of guanidine groups is 1. The third kappa shape index (κ3) is 2.30. The SMILES string of the molecule is CN1O[C@@]2(CCOc3ccc(-c4ccc(F)c(Cl)c4)cc32)N=C1N. The Labute approximate surface area is 143 Å². The van der Waals surface area contributed by atoms with Crippen LogP contribution in [0.2, 0.25) is 5.02 Å². The van der Waals surface area contributed by atoms with Gasteiger partial charge in [-0.15, -0.1) is 0 Å². The number of rotatable bonds is 1. The summed E-state index contributed by atoms with van der Waals surface area (Å²) in [6.07, 6.45) is 0.554. The zero-order valence-electron chi connectivity index (χ0n) is 12.9. The zero-order chi connectivity index (χ0) is 16.9. The molecular formula is C17H15ClFN3O2. The lowest BCUT2D eigenvalue weighted by Gasteiger charge is -2.32. The first-order valence-corrected chi connectivity index (χ1v) is 7.87. The molecule has 1 spiro atoms. The normalized spacial score (nSPS) is 22.3. The van der Waals surface area contributed by atoms with Gasteiger partial charge in [0.15, 0.2) is 0 Å². The molecule has 2 aliphatic heterocycles. The zero-order valence-corrected chi connectivity index (χ0v) is 13.7. The van der Waals surface area contributed by atoms with Crippen molar-refractivity contribution in [3.05, 3.63) is 52.8 Å². The first kappa shape index (κ1) is 15.2. The van der Waals surface area contributed by atoms with Gasteiger partial charge in [-0.1, -0.05) is 23.7 Å². The lowest BCUT2D eigenvalue weighted by molar-refractivity contribution is -0.183. The second kappa shape index (κ2) is 5.36. The Morgan fingerprint density at radius 1 is 1.25 bits per heavy atom. The van der Waals surface area contributed by atoms with Crippen LogP contribution in [0.5, 0.6) is 5.75 Å². The Balaban J connectivity index is 1.83. The minimum atomic E-state index is -0.883.